The van der Waals surface area contributed by atoms with Gasteiger partial charge in [0, 0.05) is 26.7 Å². The molecule has 2 fully saturated rings. The molecule has 0 radical (unpaired) electrons. The van der Waals surface area contributed by atoms with Crippen LogP contribution in [0.3, 0.4) is 0 Å². The number of ether oxygens (including phenoxy) is 2. The van der Waals surface area contributed by atoms with Gasteiger partial charge in [-0.2, -0.15) is 0 Å². The second-order valence-electron chi connectivity index (χ2n) is 4.16. The average Bonchev–Trinajstić information content (AvgIpc) is 2.19. The van der Waals surface area contributed by atoms with Crippen LogP contribution in [0.5, 0.6) is 0 Å². The third kappa shape index (κ3) is 2.03. The van der Waals surface area contributed by atoms with Crippen molar-refractivity contribution in [1.82, 2.24) is 5.32 Å². The second kappa shape index (κ2) is 3.95. The van der Waals surface area contributed by atoms with Crippen LogP contribution in [-0.4, -0.2) is 38.5 Å². The van der Waals surface area contributed by atoms with Crippen molar-refractivity contribution in [2.24, 2.45) is 0 Å². The fourth-order valence-corrected chi connectivity index (χ4v) is 2.42. The highest BCUT2D eigenvalue weighted by molar-refractivity contribution is 4.92. The Bertz CT molecular complexity index is 161. The van der Waals surface area contributed by atoms with Crippen LogP contribution in [0.15, 0.2) is 0 Å². The molecule has 0 bridgehead atoms. The van der Waals surface area contributed by atoms with Gasteiger partial charge < -0.3 is 14.8 Å². The Morgan fingerprint density at radius 1 is 1.54 bits per heavy atom. The third-order valence-electron chi connectivity index (χ3n) is 3.21. The normalized spacial score (nSPS) is 40.8. The molecule has 1 N–H and O–H groups in total. The van der Waals surface area contributed by atoms with E-state index in [-0.39, 0.29) is 5.60 Å². The van der Waals surface area contributed by atoms with Gasteiger partial charge in [-0.25, -0.2) is 0 Å². The van der Waals surface area contributed by atoms with Crippen molar-refractivity contribution in [2.45, 2.75) is 37.4 Å². The lowest BCUT2D eigenvalue weighted by Gasteiger charge is -2.43. The van der Waals surface area contributed by atoms with Crippen molar-refractivity contribution >= 4 is 0 Å². The molecule has 2 rings (SSSR count). The summed E-state index contributed by atoms with van der Waals surface area (Å²) in [5.74, 6) is 0. The van der Waals surface area contributed by atoms with Crippen molar-refractivity contribution < 1.29 is 9.47 Å². The molecule has 0 saturated carbocycles. The Balaban J connectivity index is 1.95. The molecule has 2 aliphatic rings. The zero-order valence-electron chi connectivity index (χ0n) is 8.34. The minimum absolute atomic E-state index is 0.0944. The van der Waals surface area contributed by atoms with Crippen molar-refractivity contribution in [3.05, 3.63) is 0 Å². The molecule has 13 heavy (non-hydrogen) atoms. The number of nitrogens with one attached hydrogen (secondary N) is 1. The maximum absolute atomic E-state index is 5.90. The zero-order valence-corrected chi connectivity index (χ0v) is 8.34. The highest BCUT2D eigenvalue weighted by Crippen LogP contribution is 2.31. The van der Waals surface area contributed by atoms with Gasteiger partial charge in [0.25, 0.3) is 0 Å². The molecule has 0 unspecified atom stereocenters. The standard InChI is InChI=1S/C10H19NO2/c1-12-9-3-6-13-10(7-9)4-2-5-11-8-10/h9,11H,2-8H2,1H3/t9-,10+/m0/s1. The zero-order chi connectivity index (χ0) is 9.15. The smallest absolute Gasteiger partial charge is 0.0831 e. The average molecular weight is 185 g/mol. The van der Waals surface area contributed by atoms with E-state index in [0.717, 1.165) is 32.5 Å². The molecule has 0 aliphatic carbocycles. The molecule has 0 amide bonds. The van der Waals surface area contributed by atoms with Gasteiger partial charge in [-0.05, 0) is 25.8 Å². The lowest BCUT2D eigenvalue weighted by molar-refractivity contribution is -0.134. The molecule has 2 heterocycles. The van der Waals surface area contributed by atoms with Gasteiger partial charge in [0.15, 0.2) is 0 Å². The monoisotopic (exact) mass is 185 g/mol. The summed E-state index contributed by atoms with van der Waals surface area (Å²) in [4.78, 5) is 0. The number of piperidine rings is 1. The van der Waals surface area contributed by atoms with E-state index in [1.54, 1.807) is 7.11 Å². The van der Waals surface area contributed by atoms with E-state index in [4.69, 9.17) is 9.47 Å². The second-order valence-corrected chi connectivity index (χ2v) is 4.16. The summed E-state index contributed by atoms with van der Waals surface area (Å²) in [5, 5.41) is 3.41. The Hall–Kier alpha value is -0.120. The largest absolute Gasteiger partial charge is 0.381 e. The summed E-state index contributed by atoms with van der Waals surface area (Å²) >= 11 is 0. The highest BCUT2D eigenvalue weighted by atomic mass is 16.5. The fourth-order valence-electron chi connectivity index (χ4n) is 2.42. The first-order chi connectivity index (χ1) is 6.35. The first-order valence-corrected chi connectivity index (χ1v) is 5.22. The number of hydrogen-bond acceptors (Lipinski definition) is 3. The van der Waals surface area contributed by atoms with Gasteiger partial charge >= 0.3 is 0 Å². The number of rotatable bonds is 1. The Kier molecular flexibility index (Phi) is 2.86. The predicted molar refractivity (Wildman–Crippen MR) is 50.8 cm³/mol. The molecule has 76 valence electrons. The third-order valence-corrected chi connectivity index (χ3v) is 3.21. The van der Waals surface area contributed by atoms with Crippen LogP contribution in [-0.2, 0) is 9.47 Å². The van der Waals surface area contributed by atoms with Crippen LogP contribution in [0.2, 0.25) is 0 Å². The van der Waals surface area contributed by atoms with E-state index in [2.05, 4.69) is 5.32 Å². The van der Waals surface area contributed by atoms with Gasteiger partial charge in [-0.3, -0.25) is 0 Å². The molecule has 1 spiro atoms. The van der Waals surface area contributed by atoms with Gasteiger partial charge in [0.05, 0.1) is 11.7 Å². The van der Waals surface area contributed by atoms with E-state index in [0.29, 0.717) is 6.10 Å². The lowest BCUT2D eigenvalue weighted by atomic mass is 9.85. The topological polar surface area (TPSA) is 30.5 Å². The molecule has 3 heteroatoms. The predicted octanol–water partition coefficient (Wildman–Crippen LogP) is 0.934. The first kappa shape index (κ1) is 9.44. The van der Waals surface area contributed by atoms with Gasteiger partial charge in [-0.15, -0.1) is 0 Å². The van der Waals surface area contributed by atoms with Crippen LogP contribution in [0.25, 0.3) is 0 Å². The molecule has 2 atom stereocenters. The molecular formula is C10H19NO2. The molecule has 0 aromatic heterocycles. The Morgan fingerprint density at radius 3 is 3.15 bits per heavy atom. The maximum Gasteiger partial charge on any atom is 0.0831 e. The van der Waals surface area contributed by atoms with Crippen LogP contribution in [0, 0.1) is 0 Å². The van der Waals surface area contributed by atoms with E-state index in [9.17, 15) is 0 Å². The molecule has 2 aliphatic heterocycles. The Morgan fingerprint density at radius 2 is 2.46 bits per heavy atom. The van der Waals surface area contributed by atoms with Crippen LogP contribution >= 0.6 is 0 Å². The summed E-state index contributed by atoms with van der Waals surface area (Å²) in [5.41, 5.74) is 0.0944. The van der Waals surface area contributed by atoms with Crippen molar-refractivity contribution in [2.75, 3.05) is 26.8 Å². The van der Waals surface area contributed by atoms with Crippen LogP contribution < -0.4 is 5.32 Å². The van der Waals surface area contributed by atoms with Crippen LogP contribution in [0.4, 0.5) is 0 Å². The summed E-state index contributed by atoms with van der Waals surface area (Å²) in [7, 11) is 1.81. The first-order valence-electron chi connectivity index (χ1n) is 5.22. The van der Waals surface area contributed by atoms with Crippen LogP contribution in [0.1, 0.15) is 25.7 Å². The summed E-state index contributed by atoms with van der Waals surface area (Å²) in [6, 6.07) is 0. The summed E-state index contributed by atoms with van der Waals surface area (Å²) in [6.07, 6.45) is 4.96. The summed E-state index contributed by atoms with van der Waals surface area (Å²) in [6.45, 7) is 3.01. The van der Waals surface area contributed by atoms with Crippen molar-refractivity contribution in [3.63, 3.8) is 0 Å². The fraction of sp³-hybridized carbons (Fsp3) is 1.00. The van der Waals surface area contributed by atoms with Crippen molar-refractivity contribution in [3.8, 4) is 0 Å². The van der Waals surface area contributed by atoms with Gasteiger partial charge in [0.1, 0.15) is 0 Å². The molecule has 2 saturated heterocycles. The lowest BCUT2D eigenvalue weighted by Crippen LogP contribution is -2.52. The summed E-state index contributed by atoms with van der Waals surface area (Å²) < 4.78 is 11.3. The molecular weight excluding hydrogens is 166 g/mol. The van der Waals surface area contributed by atoms with E-state index < -0.39 is 0 Å². The van der Waals surface area contributed by atoms with Gasteiger partial charge in [-0.1, -0.05) is 0 Å². The Labute approximate surface area is 79.8 Å². The highest BCUT2D eigenvalue weighted by Gasteiger charge is 2.38. The SMILES string of the molecule is CO[C@H]1CCO[C@]2(CCCNC2)C1. The molecule has 0 aromatic carbocycles. The number of hydrogen-bond donors (Lipinski definition) is 1. The molecule has 3 nitrogen and oxygen atoms in total. The van der Waals surface area contributed by atoms with Gasteiger partial charge in [0.2, 0.25) is 0 Å². The maximum atomic E-state index is 5.90. The number of methoxy groups -OCH3 is 1. The minimum Gasteiger partial charge on any atom is -0.381 e. The van der Waals surface area contributed by atoms with Crippen molar-refractivity contribution in [1.29, 1.82) is 0 Å². The van der Waals surface area contributed by atoms with E-state index >= 15 is 0 Å². The van der Waals surface area contributed by atoms with E-state index in [1.165, 1.54) is 12.8 Å². The minimum atomic E-state index is 0.0944. The quantitative estimate of drug-likeness (QED) is 0.659. The van der Waals surface area contributed by atoms with E-state index in [1.807, 2.05) is 0 Å². The molecule has 0 aromatic rings.